The van der Waals surface area contributed by atoms with E-state index in [1.165, 1.54) is 32.6 Å². The van der Waals surface area contributed by atoms with E-state index in [2.05, 4.69) is 4.98 Å². The summed E-state index contributed by atoms with van der Waals surface area (Å²) in [5.74, 6) is 0.106. The number of thiophene rings is 1. The molecule has 0 N–H and O–H groups in total. The molecule has 2 aromatic heterocycles. The molecular formula is C15H18N4O2S2. The van der Waals surface area contributed by atoms with Crippen molar-refractivity contribution < 1.29 is 4.79 Å². The highest BCUT2D eigenvalue weighted by Crippen LogP contribution is 2.28. The fraction of sp³-hybridized carbons (Fsp3) is 0.467. The van der Waals surface area contributed by atoms with Gasteiger partial charge in [-0.15, -0.1) is 11.3 Å². The van der Waals surface area contributed by atoms with Crippen LogP contribution in [-0.2, 0) is 11.8 Å². The van der Waals surface area contributed by atoms with Crippen LogP contribution < -0.4 is 5.56 Å². The second kappa shape index (κ2) is 7.15. The van der Waals surface area contributed by atoms with Gasteiger partial charge in [-0.3, -0.25) is 14.2 Å². The number of nitrogens with zero attached hydrogens (tertiary/aromatic N) is 4. The Bertz CT molecular complexity index is 848. The van der Waals surface area contributed by atoms with E-state index in [1.807, 2.05) is 19.9 Å². The maximum absolute atomic E-state index is 12.5. The largest absolute Gasteiger partial charge is 0.344 e. The van der Waals surface area contributed by atoms with Crippen molar-refractivity contribution in [3.63, 3.8) is 0 Å². The first-order chi connectivity index (χ1) is 10.9. The highest BCUT2D eigenvalue weighted by molar-refractivity contribution is 7.99. The number of hydrogen-bond donors (Lipinski definition) is 0. The Morgan fingerprint density at radius 2 is 2.17 bits per heavy atom. The van der Waals surface area contributed by atoms with Crippen molar-refractivity contribution in [2.24, 2.45) is 7.05 Å². The zero-order chi connectivity index (χ0) is 17.1. The first-order valence-electron chi connectivity index (χ1n) is 7.07. The molecule has 8 heteroatoms. The smallest absolute Gasteiger partial charge is 0.262 e. The fourth-order valence-corrected chi connectivity index (χ4v) is 4.05. The number of aromatic nitrogens is 2. The molecule has 2 rings (SSSR count). The van der Waals surface area contributed by atoms with Gasteiger partial charge in [0, 0.05) is 25.5 Å². The minimum absolute atomic E-state index is 0.0790. The average Bonchev–Trinajstić information content (AvgIpc) is 2.81. The minimum atomic E-state index is -0.0851. The maximum Gasteiger partial charge on any atom is 0.262 e. The standard InChI is InChI=1S/C15H18N4O2S2/c1-9-10(2)23-13-12(9)14(21)19(4)15(17-13)22-8-11(20)18(3)7-5-6-16/h5,7-8H2,1-4H3. The summed E-state index contributed by atoms with van der Waals surface area (Å²) in [6, 6.07) is 2.01. The fourth-order valence-electron chi connectivity index (χ4n) is 2.06. The Hall–Kier alpha value is -1.85. The topological polar surface area (TPSA) is 79.0 Å². The van der Waals surface area contributed by atoms with Gasteiger partial charge in [0.2, 0.25) is 5.91 Å². The normalized spacial score (nSPS) is 10.7. The van der Waals surface area contributed by atoms with Gasteiger partial charge >= 0.3 is 0 Å². The summed E-state index contributed by atoms with van der Waals surface area (Å²) in [5, 5.41) is 9.75. The molecule has 0 aliphatic rings. The van der Waals surface area contributed by atoms with Gasteiger partial charge < -0.3 is 4.90 Å². The molecule has 0 aliphatic carbocycles. The summed E-state index contributed by atoms with van der Waals surface area (Å²) in [6.45, 7) is 4.31. The zero-order valence-electron chi connectivity index (χ0n) is 13.5. The van der Waals surface area contributed by atoms with Crippen molar-refractivity contribution in [2.45, 2.75) is 25.4 Å². The molecule has 0 spiro atoms. The van der Waals surface area contributed by atoms with E-state index in [0.29, 0.717) is 23.5 Å². The molecule has 0 aromatic carbocycles. The summed E-state index contributed by atoms with van der Waals surface area (Å²) >= 11 is 2.74. The average molecular weight is 350 g/mol. The number of carbonyl (C=O) groups is 1. The van der Waals surface area contributed by atoms with Gasteiger partial charge in [0.1, 0.15) is 4.83 Å². The molecular weight excluding hydrogens is 332 g/mol. The van der Waals surface area contributed by atoms with E-state index in [9.17, 15) is 9.59 Å². The summed E-state index contributed by atoms with van der Waals surface area (Å²) in [7, 11) is 3.34. The van der Waals surface area contributed by atoms with E-state index in [-0.39, 0.29) is 17.2 Å². The first-order valence-corrected chi connectivity index (χ1v) is 8.87. The van der Waals surface area contributed by atoms with Crippen molar-refractivity contribution in [3.05, 3.63) is 20.8 Å². The number of carbonyl (C=O) groups excluding carboxylic acids is 1. The third kappa shape index (κ3) is 3.57. The quantitative estimate of drug-likeness (QED) is 0.609. The van der Waals surface area contributed by atoms with Crippen molar-refractivity contribution in [1.82, 2.24) is 14.5 Å². The van der Waals surface area contributed by atoms with Gasteiger partial charge in [0.25, 0.3) is 5.56 Å². The van der Waals surface area contributed by atoms with E-state index in [4.69, 9.17) is 5.26 Å². The third-order valence-electron chi connectivity index (χ3n) is 3.68. The van der Waals surface area contributed by atoms with Gasteiger partial charge in [-0.25, -0.2) is 4.98 Å². The van der Waals surface area contributed by atoms with Gasteiger partial charge in [-0.1, -0.05) is 11.8 Å². The molecule has 0 saturated heterocycles. The van der Waals surface area contributed by atoms with Crippen molar-refractivity contribution in [3.8, 4) is 6.07 Å². The monoisotopic (exact) mass is 350 g/mol. The van der Waals surface area contributed by atoms with Crippen LogP contribution in [0.3, 0.4) is 0 Å². The molecule has 1 amide bonds. The predicted molar refractivity (Wildman–Crippen MR) is 92.9 cm³/mol. The van der Waals surface area contributed by atoms with Crippen LogP contribution in [0.5, 0.6) is 0 Å². The van der Waals surface area contributed by atoms with Crippen LogP contribution in [0, 0.1) is 25.2 Å². The van der Waals surface area contributed by atoms with Gasteiger partial charge in [-0.05, 0) is 19.4 Å². The highest BCUT2D eigenvalue weighted by Gasteiger charge is 2.16. The second-order valence-corrected chi connectivity index (χ2v) is 7.38. The highest BCUT2D eigenvalue weighted by atomic mass is 32.2. The minimum Gasteiger partial charge on any atom is -0.344 e. The molecule has 0 aliphatic heterocycles. The lowest BCUT2D eigenvalue weighted by molar-refractivity contribution is -0.127. The van der Waals surface area contributed by atoms with Gasteiger partial charge in [0.05, 0.1) is 23.6 Å². The van der Waals surface area contributed by atoms with Crippen molar-refractivity contribution in [1.29, 1.82) is 5.26 Å². The molecule has 0 fully saturated rings. The number of aryl methyl sites for hydroxylation is 2. The summed E-state index contributed by atoms with van der Waals surface area (Å²) < 4.78 is 1.49. The Labute approximate surface area is 142 Å². The molecule has 0 unspecified atom stereocenters. The molecule has 0 atom stereocenters. The van der Waals surface area contributed by atoms with Crippen LogP contribution in [0.4, 0.5) is 0 Å². The van der Waals surface area contributed by atoms with Gasteiger partial charge in [0.15, 0.2) is 5.16 Å². The number of amides is 1. The van der Waals surface area contributed by atoms with Crippen LogP contribution in [0.1, 0.15) is 16.9 Å². The lowest BCUT2D eigenvalue weighted by atomic mass is 10.2. The number of rotatable bonds is 5. The Kier molecular flexibility index (Phi) is 5.44. The number of nitriles is 1. The van der Waals surface area contributed by atoms with Crippen molar-refractivity contribution in [2.75, 3.05) is 19.3 Å². The van der Waals surface area contributed by atoms with Crippen LogP contribution in [0.2, 0.25) is 0 Å². The Morgan fingerprint density at radius 3 is 2.83 bits per heavy atom. The van der Waals surface area contributed by atoms with E-state index in [0.717, 1.165) is 15.3 Å². The first kappa shape index (κ1) is 17.5. The van der Waals surface area contributed by atoms with E-state index < -0.39 is 0 Å². The third-order valence-corrected chi connectivity index (χ3v) is 5.79. The summed E-state index contributed by atoms with van der Waals surface area (Å²) in [5.41, 5.74) is 0.895. The molecule has 2 heterocycles. The summed E-state index contributed by atoms with van der Waals surface area (Å²) in [4.78, 5) is 32.4. The van der Waals surface area contributed by atoms with Crippen LogP contribution >= 0.6 is 23.1 Å². The van der Waals surface area contributed by atoms with Crippen LogP contribution in [0.25, 0.3) is 10.2 Å². The Balaban J connectivity index is 2.21. The number of fused-ring (bicyclic) bond motifs is 1. The molecule has 0 radical (unpaired) electrons. The van der Waals surface area contributed by atoms with Crippen LogP contribution in [0.15, 0.2) is 9.95 Å². The lowest BCUT2D eigenvalue weighted by Crippen LogP contribution is -2.29. The molecule has 23 heavy (non-hydrogen) atoms. The lowest BCUT2D eigenvalue weighted by Gasteiger charge is -2.15. The number of hydrogen-bond acceptors (Lipinski definition) is 6. The van der Waals surface area contributed by atoms with Gasteiger partial charge in [-0.2, -0.15) is 5.26 Å². The molecule has 122 valence electrons. The molecule has 6 nitrogen and oxygen atoms in total. The SMILES string of the molecule is Cc1sc2nc(SCC(=O)N(C)CCC#N)n(C)c(=O)c2c1C. The second-order valence-electron chi connectivity index (χ2n) is 5.23. The summed E-state index contributed by atoms with van der Waals surface area (Å²) in [6.07, 6.45) is 0.309. The van der Waals surface area contributed by atoms with Crippen LogP contribution in [-0.4, -0.2) is 39.7 Å². The van der Waals surface area contributed by atoms with Crippen molar-refractivity contribution >= 4 is 39.2 Å². The zero-order valence-corrected chi connectivity index (χ0v) is 15.2. The maximum atomic E-state index is 12.5. The Morgan fingerprint density at radius 1 is 1.48 bits per heavy atom. The molecule has 2 aromatic rings. The van der Waals surface area contributed by atoms with E-state index in [1.54, 1.807) is 14.1 Å². The number of thioether (sulfide) groups is 1. The van der Waals surface area contributed by atoms with E-state index >= 15 is 0 Å². The molecule has 0 bridgehead atoms. The predicted octanol–water partition coefficient (Wildman–Crippen LogP) is 2.08. The molecule has 0 saturated carbocycles.